The van der Waals surface area contributed by atoms with E-state index in [9.17, 15) is 4.39 Å². The SMILES string of the molecule is CC1CCC=C(F)C1C. The van der Waals surface area contributed by atoms with Crippen molar-refractivity contribution in [2.75, 3.05) is 0 Å². The van der Waals surface area contributed by atoms with Crippen LogP contribution in [0.5, 0.6) is 0 Å². The molecule has 9 heavy (non-hydrogen) atoms. The molecule has 0 nitrogen and oxygen atoms in total. The van der Waals surface area contributed by atoms with Crippen LogP contribution in [-0.4, -0.2) is 0 Å². The lowest BCUT2D eigenvalue weighted by molar-refractivity contribution is 0.331. The van der Waals surface area contributed by atoms with Gasteiger partial charge in [-0.3, -0.25) is 0 Å². The summed E-state index contributed by atoms with van der Waals surface area (Å²) in [6.45, 7) is 4.06. The predicted octanol–water partition coefficient (Wildman–Crippen LogP) is 2.91. The second-order valence-corrected chi connectivity index (χ2v) is 2.93. The Hall–Kier alpha value is -0.330. The molecule has 0 aromatic carbocycles. The summed E-state index contributed by atoms with van der Waals surface area (Å²) in [6, 6.07) is 0. The zero-order valence-electron chi connectivity index (χ0n) is 6.02. The number of hydrogen-bond acceptors (Lipinski definition) is 0. The second-order valence-electron chi connectivity index (χ2n) is 2.93. The molecule has 1 aliphatic rings. The fraction of sp³-hybridized carbons (Fsp3) is 0.750. The molecule has 0 fully saturated rings. The van der Waals surface area contributed by atoms with Gasteiger partial charge in [-0.15, -0.1) is 0 Å². The zero-order chi connectivity index (χ0) is 6.85. The molecule has 1 aliphatic carbocycles. The van der Waals surface area contributed by atoms with Crippen molar-refractivity contribution in [2.45, 2.75) is 26.7 Å². The quantitative estimate of drug-likeness (QED) is 0.470. The Labute approximate surface area is 55.8 Å². The number of hydrogen-bond donors (Lipinski definition) is 0. The van der Waals surface area contributed by atoms with Crippen LogP contribution >= 0.6 is 0 Å². The lowest BCUT2D eigenvalue weighted by atomic mass is 9.86. The van der Waals surface area contributed by atoms with E-state index in [0.29, 0.717) is 5.92 Å². The molecule has 0 bridgehead atoms. The molecule has 0 saturated carbocycles. The molecule has 0 aliphatic heterocycles. The van der Waals surface area contributed by atoms with Gasteiger partial charge in [0.1, 0.15) is 0 Å². The standard InChI is InChI=1S/C8H13F/c1-6-4-3-5-8(9)7(6)2/h5-7H,3-4H2,1-2H3. The maximum absolute atomic E-state index is 12.7. The van der Waals surface area contributed by atoms with E-state index in [-0.39, 0.29) is 11.7 Å². The van der Waals surface area contributed by atoms with Crippen LogP contribution in [0.15, 0.2) is 11.9 Å². The minimum absolute atomic E-state index is 0.0914. The Balaban J connectivity index is 2.62. The summed E-state index contributed by atoms with van der Waals surface area (Å²) < 4.78 is 12.7. The summed E-state index contributed by atoms with van der Waals surface area (Å²) in [6.07, 6.45) is 3.79. The molecule has 0 amide bonds. The van der Waals surface area contributed by atoms with Crippen LogP contribution < -0.4 is 0 Å². The molecule has 0 spiro atoms. The summed E-state index contributed by atoms with van der Waals surface area (Å²) in [7, 11) is 0. The van der Waals surface area contributed by atoms with Crippen LogP contribution in [0.3, 0.4) is 0 Å². The van der Waals surface area contributed by atoms with Crippen molar-refractivity contribution >= 4 is 0 Å². The van der Waals surface area contributed by atoms with Gasteiger partial charge in [0.05, 0.1) is 5.83 Å². The fourth-order valence-corrected chi connectivity index (χ4v) is 1.19. The van der Waals surface area contributed by atoms with Gasteiger partial charge in [0.15, 0.2) is 0 Å². The van der Waals surface area contributed by atoms with Gasteiger partial charge in [-0.1, -0.05) is 19.9 Å². The lowest BCUT2D eigenvalue weighted by Crippen LogP contribution is -2.11. The van der Waals surface area contributed by atoms with Gasteiger partial charge < -0.3 is 0 Å². The number of rotatable bonds is 0. The first-order valence-corrected chi connectivity index (χ1v) is 3.57. The number of halogens is 1. The molecule has 2 atom stereocenters. The van der Waals surface area contributed by atoms with E-state index >= 15 is 0 Å². The molecular formula is C8H13F. The minimum Gasteiger partial charge on any atom is -0.212 e. The largest absolute Gasteiger partial charge is 0.212 e. The third kappa shape index (κ3) is 1.32. The van der Waals surface area contributed by atoms with E-state index in [1.807, 2.05) is 6.92 Å². The molecule has 0 aromatic rings. The normalized spacial score (nSPS) is 36.1. The summed E-state index contributed by atoms with van der Waals surface area (Å²) in [5.74, 6) is 0.794. The third-order valence-corrected chi connectivity index (χ3v) is 2.25. The van der Waals surface area contributed by atoms with Crippen LogP contribution in [0, 0.1) is 11.8 Å². The van der Waals surface area contributed by atoms with Crippen molar-refractivity contribution in [1.29, 1.82) is 0 Å². The summed E-state index contributed by atoms with van der Waals surface area (Å²) in [5.41, 5.74) is 0. The van der Waals surface area contributed by atoms with Crippen molar-refractivity contribution in [3.05, 3.63) is 11.9 Å². The maximum atomic E-state index is 12.7. The minimum atomic E-state index is 0.0914. The summed E-state index contributed by atoms with van der Waals surface area (Å²) >= 11 is 0. The van der Waals surface area contributed by atoms with Crippen molar-refractivity contribution in [1.82, 2.24) is 0 Å². The Kier molecular flexibility index (Phi) is 1.89. The van der Waals surface area contributed by atoms with Crippen LogP contribution in [0.4, 0.5) is 4.39 Å². The second kappa shape index (κ2) is 2.51. The average Bonchev–Trinajstić information content (AvgIpc) is 1.83. The topological polar surface area (TPSA) is 0 Å². The fourth-order valence-electron chi connectivity index (χ4n) is 1.19. The van der Waals surface area contributed by atoms with Crippen molar-refractivity contribution in [2.24, 2.45) is 11.8 Å². The van der Waals surface area contributed by atoms with E-state index in [0.717, 1.165) is 12.8 Å². The van der Waals surface area contributed by atoms with Gasteiger partial charge in [0, 0.05) is 5.92 Å². The van der Waals surface area contributed by atoms with Gasteiger partial charge in [-0.25, -0.2) is 4.39 Å². The van der Waals surface area contributed by atoms with Gasteiger partial charge >= 0.3 is 0 Å². The highest BCUT2D eigenvalue weighted by molar-refractivity contribution is 5.01. The molecule has 0 N–H and O–H groups in total. The Morgan fingerprint density at radius 3 is 2.67 bits per heavy atom. The lowest BCUT2D eigenvalue weighted by Gasteiger charge is -2.21. The number of allylic oxidation sites excluding steroid dienone is 2. The average molecular weight is 128 g/mol. The molecule has 0 radical (unpaired) electrons. The van der Waals surface area contributed by atoms with Crippen molar-refractivity contribution in [3.8, 4) is 0 Å². The Morgan fingerprint density at radius 2 is 2.22 bits per heavy atom. The van der Waals surface area contributed by atoms with Gasteiger partial charge in [-0.2, -0.15) is 0 Å². The van der Waals surface area contributed by atoms with E-state index in [1.165, 1.54) is 0 Å². The van der Waals surface area contributed by atoms with Gasteiger partial charge in [-0.05, 0) is 18.8 Å². The molecule has 0 saturated heterocycles. The van der Waals surface area contributed by atoms with E-state index < -0.39 is 0 Å². The first-order valence-electron chi connectivity index (χ1n) is 3.57. The molecule has 2 unspecified atom stereocenters. The molecule has 0 heterocycles. The van der Waals surface area contributed by atoms with Gasteiger partial charge in [0.25, 0.3) is 0 Å². The molecule has 52 valence electrons. The highest BCUT2D eigenvalue weighted by Gasteiger charge is 2.19. The summed E-state index contributed by atoms with van der Waals surface area (Å²) in [5, 5.41) is 0. The highest BCUT2D eigenvalue weighted by Crippen LogP contribution is 2.29. The first kappa shape index (κ1) is 6.79. The van der Waals surface area contributed by atoms with Crippen LogP contribution in [0.2, 0.25) is 0 Å². The van der Waals surface area contributed by atoms with Crippen molar-refractivity contribution in [3.63, 3.8) is 0 Å². The Morgan fingerprint density at radius 1 is 1.56 bits per heavy atom. The highest BCUT2D eigenvalue weighted by atomic mass is 19.1. The monoisotopic (exact) mass is 128 g/mol. The summed E-state index contributed by atoms with van der Waals surface area (Å²) in [4.78, 5) is 0. The van der Waals surface area contributed by atoms with Crippen LogP contribution in [0.25, 0.3) is 0 Å². The van der Waals surface area contributed by atoms with Crippen molar-refractivity contribution < 1.29 is 4.39 Å². The zero-order valence-corrected chi connectivity index (χ0v) is 6.02. The molecule has 1 heteroatoms. The molecule has 0 aromatic heterocycles. The van der Waals surface area contributed by atoms with Gasteiger partial charge in [0.2, 0.25) is 0 Å². The van der Waals surface area contributed by atoms with E-state index in [2.05, 4.69) is 6.92 Å². The third-order valence-electron chi connectivity index (χ3n) is 2.25. The first-order chi connectivity index (χ1) is 4.22. The smallest absolute Gasteiger partial charge is 0.0990 e. The van der Waals surface area contributed by atoms with E-state index in [4.69, 9.17) is 0 Å². The molecular weight excluding hydrogens is 115 g/mol. The van der Waals surface area contributed by atoms with Crippen LogP contribution in [-0.2, 0) is 0 Å². The maximum Gasteiger partial charge on any atom is 0.0990 e. The predicted molar refractivity (Wildman–Crippen MR) is 36.8 cm³/mol. The molecule has 1 rings (SSSR count). The Bertz CT molecular complexity index is 127. The van der Waals surface area contributed by atoms with Crippen LogP contribution in [0.1, 0.15) is 26.7 Å². The van der Waals surface area contributed by atoms with E-state index in [1.54, 1.807) is 6.08 Å².